The molecular formula is C17H13ClN6O2. The molecule has 0 aliphatic carbocycles. The van der Waals surface area contributed by atoms with E-state index in [1.54, 1.807) is 25.1 Å². The van der Waals surface area contributed by atoms with Crippen molar-refractivity contribution in [2.24, 2.45) is 0 Å². The number of fused-ring (bicyclic) bond motifs is 1. The van der Waals surface area contributed by atoms with Gasteiger partial charge in [0.25, 0.3) is 0 Å². The SMILES string of the molecule is CC(Nc1ncnc(N)c1C#N)c1nc2c(Cl)cccc2cc1C(=O)O. The van der Waals surface area contributed by atoms with E-state index in [1.807, 2.05) is 6.07 Å². The number of para-hydroxylation sites is 1. The van der Waals surface area contributed by atoms with Crippen LogP contribution in [0.15, 0.2) is 30.6 Å². The van der Waals surface area contributed by atoms with E-state index in [-0.39, 0.29) is 28.5 Å². The number of benzene rings is 1. The van der Waals surface area contributed by atoms with Crippen molar-refractivity contribution >= 4 is 40.1 Å². The fourth-order valence-electron chi connectivity index (χ4n) is 2.57. The van der Waals surface area contributed by atoms with Crippen molar-refractivity contribution in [1.82, 2.24) is 15.0 Å². The lowest BCUT2D eigenvalue weighted by atomic mass is 10.0. The number of nitriles is 1. The zero-order valence-electron chi connectivity index (χ0n) is 13.6. The molecule has 130 valence electrons. The fraction of sp³-hybridized carbons (Fsp3) is 0.118. The Hall–Kier alpha value is -3.44. The molecule has 1 atom stereocenters. The van der Waals surface area contributed by atoms with Crippen LogP contribution in [0.25, 0.3) is 10.9 Å². The third-order valence-electron chi connectivity index (χ3n) is 3.81. The number of hydrogen-bond acceptors (Lipinski definition) is 7. The minimum atomic E-state index is -1.12. The number of carboxylic acids is 1. The lowest BCUT2D eigenvalue weighted by Crippen LogP contribution is -2.16. The van der Waals surface area contributed by atoms with Gasteiger partial charge in [0.15, 0.2) is 0 Å². The fourth-order valence-corrected chi connectivity index (χ4v) is 2.79. The molecule has 4 N–H and O–H groups in total. The van der Waals surface area contributed by atoms with Gasteiger partial charge < -0.3 is 16.2 Å². The van der Waals surface area contributed by atoms with Crippen LogP contribution in [0.1, 0.15) is 34.6 Å². The number of carbonyl (C=O) groups is 1. The Balaban J connectivity index is 2.11. The lowest BCUT2D eigenvalue weighted by Gasteiger charge is -2.18. The number of aromatic nitrogens is 3. The molecule has 2 heterocycles. The lowest BCUT2D eigenvalue weighted by molar-refractivity contribution is 0.0695. The highest BCUT2D eigenvalue weighted by Crippen LogP contribution is 2.28. The van der Waals surface area contributed by atoms with Gasteiger partial charge in [0, 0.05) is 5.39 Å². The predicted octanol–water partition coefficient (Wildman–Crippen LogP) is 3.00. The van der Waals surface area contributed by atoms with Crippen LogP contribution in [-0.4, -0.2) is 26.0 Å². The van der Waals surface area contributed by atoms with Crippen molar-refractivity contribution in [2.75, 3.05) is 11.1 Å². The van der Waals surface area contributed by atoms with E-state index in [0.29, 0.717) is 15.9 Å². The molecule has 8 nitrogen and oxygen atoms in total. The zero-order valence-corrected chi connectivity index (χ0v) is 14.3. The number of nitrogen functional groups attached to an aromatic ring is 1. The van der Waals surface area contributed by atoms with E-state index < -0.39 is 12.0 Å². The summed E-state index contributed by atoms with van der Waals surface area (Å²) in [5.74, 6) is -0.888. The maximum absolute atomic E-state index is 11.7. The molecular weight excluding hydrogens is 356 g/mol. The summed E-state index contributed by atoms with van der Waals surface area (Å²) >= 11 is 6.18. The van der Waals surface area contributed by atoms with Gasteiger partial charge in [-0.25, -0.2) is 19.7 Å². The highest BCUT2D eigenvalue weighted by atomic mass is 35.5. The summed E-state index contributed by atoms with van der Waals surface area (Å²) < 4.78 is 0. The number of anilines is 2. The molecule has 0 bridgehead atoms. The molecule has 3 aromatic rings. The van der Waals surface area contributed by atoms with E-state index >= 15 is 0 Å². The number of pyridine rings is 1. The normalized spacial score (nSPS) is 11.7. The number of nitrogens with zero attached hydrogens (tertiary/aromatic N) is 4. The van der Waals surface area contributed by atoms with Gasteiger partial charge in [-0.2, -0.15) is 5.26 Å². The predicted molar refractivity (Wildman–Crippen MR) is 96.9 cm³/mol. The van der Waals surface area contributed by atoms with Gasteiger partial charge in [-0.05, 0) is 19.1 Å². The van der Waals surface area contributed by atoms with Crippen molar-refractivity contribution in [1.29, 1.82) is 5.26 Å². The Labute approximate surface area is 153 Å². The number of halogens is 1. The first kappa shape index (κ1) is 17.4. The first-order valence-electron chi connectivity index (χ1n) is 7.52. The maximum atomic E-state index is 11.7. The van der Waals surface area contributed by atoms with Crippen LogP contribution >= 0.6 is 11.6 Å². The van der Waals surface area contributed by atoms with Crippen LogP contribution in [0.3, 0.4) is 0 Å². The molecule has 0 saturated heterocycles. The Bertz CT molecular complexity index is 1060. The molecule has 9 heteroatoms. The second-order valence-corrected chi connectivity index (χ2v) is 5.91. The number of nitrogens with one attached hydrogen (secondary N) is 1. The third kappa shape index (κ3) is 3.08. The summed E-state index contributed by atoms with van der Waals surface area (Å²) in [4.78, 5) is 23.9. The Morgan fingerprint density at radius 2 is 2.19 bits per heavy atom. The Morgan fingerprint density at radius 1 is 1.42 bits per heavy atom. The van der Waals surface area contributed by atoms with Crippen molar-refractivity contribution in [3.63, 3.8) is 0 Å². The maximum Gasteiger partial charge on any atom is 0.337 e. The standard InChI is InChI=1S/C17H13ClN6O2/c1-8(23-16-11(6-19)15(20)21-7-22-16)13-10(17(25)26)5-9-3-2-4-12(18)14(9)24-13/h2-5,7-8H,1H3,(H,25,26)(H3,20,21,22,23). The van der Waals surface area contributed by atoms with Crippen LogP contribution in [0.2, 0.25) is 5.02 Å². The Kier molecular flexibility index (Phi) is 4.56. The van der Waals surface area contributed by atoms with Crippen molar-refractivity contribution < 1.29 is 9.90 Å². The van der Waals surface area contributed by atoms with Crippen LogP contribution in [0.4, 0.5) is 11.6 Å². The summed E-state index contributed by atoms with van der Waals surface area (Å²) in [5.41, 5.74) is 6.54. The molecule has 0 amide bonds. The number of carboxylic acid groups (broad SMARTS) is 1. The van der Waals surface area contributed by atoms with Gasteiger partial charge >= 0.3 is 5.97 Å². The van der Waals surface area contributed by atoms with E-state index in [2.05, 4.69) is 20.3 Å². The largest absolute Gasteiger partial charge is 0.478 e. The number of rotatable bonds is 4. The summed E-state index contributed by atoms with van der Waals surface area (Å²) in [5, 5.41) is 22.8. The van der Waals surface area contributed by atoms with Crippen LogP contribution in [-0.2, 0) is 0 Å². The van der Waals surface area contributed by atoms with E-state index in [4.69, 9.17) is 17.3 Å². The van der Waals surface area contributed by atoms with Gasteiger partial charge in [-0.15, -0.1) is 0 Å². The first-order chi connectivity index (χ1) is 12.4. The van der Waals surface area contributed by atoms with Crippen LogP contribution in [0.5, 0.6) is 0 Å². The van der Waals surface area contributed by atoms with E-state index in [1.165, 1.54) is 12.4 Å². The molecule has 0 fully saturated rings. The minimum Gasteiger partial charge on any atom is -0.478 e. The Morgan fingerprint density at radius 3 is 2.88 bits per heavy atom. The molecule has 0 spiro atoms. The van der Waals surface area contributed by atoms with Crippen molar-refractivity contribution in [2.45, 2.75) is 13.0 Å². The molecule has 0 saturated carbocycles. The summed E-state index contributed by atoms with van der Waals surface area (Å²) in [6.45, 7) is 1.71. The molecule has 2 aromatic heterocycles. The van der Waals surface area contributed by atoms with Crippen LogP contribution < -0.4 is 11.1 Å². The molecule has 1 aromatic carbocycles. The summed E-state index contributed by atoms with van der Waals surface area (Å²) in [7, 11) is 0. The zero-order chi connectivity index (χ0) is 18.8. The number of aromatic carboxylic acids is 1. The van der Waals surface area contributed by atoms with Gasteiger partial charge in [-0.1, -0.05) is 23.7 Å². The van der Waals surface area contributed by atoms with Gasteiger partial charge in [-0.3, -0.25) is 0 Å². The molecule has 1 unspecified atom stereocenters. The molecule has 0 aliphatic heterocycles. The second kappa shape index (κ2) is 6.82. The van der Waals surface area contributed by atoms with Gasteiger partial charge in [0.2, 0.25) is 0 Å². The monoisotopic (exact) mass is 368 g/mol. The minimum absolute atomic E-state index is 0.0281. The first-order valence-corrected chi connectivity index (χ1v) is 7.89. The highest BCUT2D eigenvalue weighted by molar-refractivity contribution is 6.35. The average Bonchev–Trinajstić information content (AvgIpc) is 2.61. The number of nitrogens with two attached hydrogens (primary N) is 1. The van der Waals surface area contributed by atoms with Gasteiger partial charge in [0.1, 0.15) is 29.6 Å². The number of hydrogen-bond donors (Lipinski definition) is 3. The molecule has 0 radical (unpaired) electrons. The van der Waals surface area contributed by atoms with Crippen molar-refractivity contribution in [3.8, 4) is 6.07 Å². The molecule has 26 heavy (non-hydrogen) atoms. The van der Waals surface area contributed by atoms with E-state index in [0.717, 1.165) is 0 Å². The summed E-state index contributed by atoms with van der Waals surface area (Å²) in [6.07, 6.45) is 1.22. The molecule has 0 aliphatic rings. The summed E-state index contributed by atoms with van der Waals surface area (Å²) in [6, 6.07) is 8.00. The van der Waals surface area contributed by atoms with Crippen LogP contribution in [0, 0.1) is 11.3 Å². The topological polar surface area (TPSA) is 138 Å². The smallest absolute Gasteiger partial charge is 0.337 e. The van der Waals surface area contributed by atoms with E-state index in [9.17, 15) is 15.2 Å². The highest BCUT2D eigenvalue weighted by Gasteiger charge is 2.21. The molecule has 3 rings (SSSR count). The van der Waals surface area contributed by atoms with Crippen molar-refractivity contribution in [3.05, 3.63) is 52.4 Å². The van der Waals surface area contributed by atoms with Gasteiger partial charge in [0.05, 0.1) is 27.8 Å². The quantitative estimate of drug-likeness (QED) is 0.638. The second-order valence-electron chi connectivity index (χ2n) is 5.50. The third-order valence-corrected chi connectivity index (χ3v) is 4.11. The average molecular weight is 369 g/mol.